The molecular weight excluding hydrogens is 1010 g/mol. The van der Waals surface area contributed by atoms with Crippen molar-refractivity contribution in [3.05, 3.63) is 24.3 Å². The first-order valence-corrected chi connectivity index (χ1v) is 38.8. The van der Waals surface area contributed by atoms with Crippen LogP contribution in [0.5, 0.6) is 0 Å². The zero-order valence-corrected chi connectivity index (χ0v) is 62.0. The molecule has 0 aromatic heterocycles. The second-order valence-corrected chi connectivity index (χ2v) is 29.1. The number of unbranched alkanes of at least 4 members (excludes halogenated alkanes) is 17. The highest BCUT2D eigenvalue weighted by Gasteiger charge is 2.12. The van der Waals surface area contributed by atoms with E-state index in [2.05, 4.69) is 163 Å². The van der Waals surface area contributed by atoms with Gasteiger partial charge >= 0.3 is 0 Å². The lowest BCUT2D eigenvalue weighted by molar-refractivity contribution is 0.355. The summed E-state index contributed by atoms with van der Waals surface area (Å²) in [6, 6.07) is 0. The van der Waals surface area contributed by atoms with Gasteiger partial charge in [-0.2, -0.15) is 0 Å². The van der Waals surface area contributed by atoms with Crippen molar-refractivity contribution in [2.45, 2.75) is 462 Å². The summed E-state index contributed by atoms with van der Waals surface area (Å²) in [6.07, 6.45) is 77.8. The van der Waals surface area contributed by atoms with Crippen molar-refractivity contribution in [3.8, 4) is 0 Å². The van der Waals surface area contributed by atoms with Crippen molar-refractivity contribution in [1.82, 2.24) is 0 Å². The van der Waals surface area contributed by atoms with Crippen molar-refractivity contribution >= 4 is 0 Å². The van der Waals surface area contributed by atoms with Crippen LogP contribution in [0.3, 0.4) is 0 Å². The SMILES string of the molecule is C.C.CCCCC(C/C=C\CC(C)C)CCCC.CCCCC(CCCC)CCCCC(C)C.CCCCCC(/C=C\CC(C)C)CCCCC.CCCCCC(CCCCC)CCC(C)C.CCCCCC(CCCCC)CCCC(C)C. The molecule has 0 aromatic carbocycles. The van der Waals surface area contributed by atoms with Gasteiger partial charge in [-0.3, -0.25) is 0 Å². The summed E-state index contributed by atoms with van der Waals surface area (Å²) in [4.78, 5) is 0. The molecule has 0 unspecified atom stereocenters. The molecule has 0 aliphatic carbocycles. The van der Waals surface area contributed by atoms with Gasteiger partial charge in [-0.15, -0.1) is 0 Å². The van der Waals surface area contributed by atoms with Gasteiger partial charge in [0.15, 0.2) is 0 Å². The van der Waals surface area contributed by atoms with E-state index in [1.54, 1.807) is 0 Å². The van der Waals surface area contributed by atoms with Gasteiger partial charge in [-0.1, -0.05) is 454 Å². The smallest absolute Gasteiger partial charge is 0.0234 e. The number of hydrogen-bond acceptors (Lipinski definition) is 0. The molecular formula is C84H178. The van der Waals surface area contributed by atoms with Gasteiger partial charge in [0.2, 0.25) is 0 Å². The Morgan fingerprint density at radius 3 is 0.750 bits per heavy atom. The summed E-state index contributed by atoms with van der Waals surface area (Å²) < 4.78 is 0. The zero-order chi connectivity index (χ0) is 62.5. The number of hydrogen-bond donors (Lipinski definition) is 0. The minimum absolute atomic E-state index is 0. The van der Waals surface area contributed by atoms with Crippen LogP contribution >= 0.6 is 0 Å². The minimum Gasteiger partial charge on any atom is -0.0883 e. The fourth-order valence-electron chi connectivity index (χ4n) is 11.6. The minimum atomic E-state index is 0. The third kappa shape index (κ3) is 90.2. The molecule has 0 amide bonds. The Hall–Kier alpha value is -0.520. The fourth-order valence-corrected chi connectivity index (χ4v) is 11.6. The Bertz CT molecular complexity index is 1070. The van der Waals surface area contributed by atoms with Crippen LogP contribution in [-0.4, -0.2) is 0 Å². The predicted octanol–water partition coefficient (Wildman–Crippen LogP) is 32.6. The Balaban J connectivity index is -0.000000175. The average molecular weight is 1190 g/mol. The maximum atomic E-state index is 2.51. The van der Waals surface area contributed by atoms with E-state index in [1.807, 2.05) is 0 Å². The second-order valence-electron chi connectivity index (χ2n) is 29.1. The first-order valence-electron chi connectivity index (χ1n) is 38.8. The van der Waals surface area contributed by atoms with Crippen LogP contribution in [0, 0.1) is 59.2 Å². The molecule has 0 aromatic rings. The lowest BCUT2D eigenvalue weighted by Gasteiger charge is -2.17. The third-order valence-electron chi connectivity index (χ3n) is 17.5. The summed E-state index contributed by atoms with van der Waals surface area (Å²) in [7, 11) is 0. The Morgan fingerprint density at radius 2 is 0.429 bits per heavy atom. The molecule has 0 spiro atoms. The Labute approximate surface area is 542 Å². The molecule has 0 bridgehead atoms. The van der Waals surface area contributed by atoms with Crippen molar-refractivity contribution < 1.29 is 0 Å². The van der Waals surface area contributed by atoms with Crippen molar-refractivity contribution in [3.63, 3.8) is 0 Å². The molecule has 84 heavy (non-hydrogen) atoms. The van der Waals surface area contributed by atoms with E-state index >= 15 is 0 Å². The van der Waals surface area contributed by atoms with Crippen LogP contribution in [0.2, 0.25) is 0 Å². The summed E-state index contributed by atoms with van der Waals surface area (Å²) in [5.41, 5.74) is 0. The average Bonchev–Trinajstić information content (AvgIpc) is 3.44. The highest BCUT2D eigenvalue weighted by Crippen LogP contribution is 2.27. The number of rotatable bonds is 55. The molecule has 514 valence electrons. The largest absolute Gasteiger partial charge is 0.0883 e. The van der Waals surface area contributed by atoms with Crippen molar-refractivity contribution in [1.29, 1.82) is 0 Å². The molecule has 0 nitrogen and oxygen atoms in total. The highest BCUT2D eigenvalue weighted by molar-refractivity contribution is 4.89. The van der Waals surface area contributed by atoms with E-state index in [-0.39, 0.29) is 14.9 Å². The summed E-state index contributed by atoms with van der Waals surface area (Å²) in [6.45, 7) is 46.3. The molecule has 0 rings (SSSR count). The summed E-state index contributed by atoms with van der Waals surface area (Å²) >= 11 is 0. The molecule has 0 aliphatic heterocycles. The van der Waals surface area contributed by atoms with Crippen LogP contribution in [-0.2, 0) is 0 Å². The zero-order valence-electron chi connectivity index (χ0n) is 62.0. The fraction of sp³-hybridized carbons (Fsp3) is 0.952. The van der Waals surface area contributed by atoms with Crippen LogP contribution in [0.15, 0.2) is 24.3 Å². The van der Waals surface area contributed by atoms with E-state index in [0.717, 1.165) is 59.2 Å². The molecule has 0 fully saturated rings. The molecule has 0 saturated carbocycles. The molecule has 0 heterocycles. The molecule has 0 N–H and O–H groups in total. The van der Waals surface area contributed by atoms with Crippen LogP contribution in [0.25, 0.3) is 0 Å². The normalized spacial score (nSPS) is 11.5. The van der Waals surface area contributed by atoms with Crippen LogP contribution in [0.4, 0.5) is 0 Å². The lowest BCUT2D eigenvalue weighted by atomic mass is 9.89. The van der Waals surface area contributed by atoms with Crippen LogP contribution < -0.4 is 0 Å². The molecule has 0 saturated heterocycles. The molecule has 0 aliphatic rings. The Kier molecular flexibility index (Phi) is 95.3. The van der Waals surface area contributed by atoms with Gasteiger partial charge in [0.05, 0.1) is 0 Å². The maximum absolute atomic E-state index is 2.51. The lowest BCUT2D eigenvalue weighted by Crippen LogP contribution is -2.03. The van der Waals surface area contributed by atoms with Crippen molar-refractivity contribution in [2.24, 2.45) is 59.2 Å². The quantitative estimate of drug-likeness (QED) is 0.0421. The summed E-state index contributed by atoms with van der Waals surface area (Å²) in [5.74, 6) is 9.18. The topological polar surface area (TPSA) is 0 Å². The second kappa shape index (κ2) is 82.5. The Morgan fingerprint density at radius 1 is 0.190 bits per heavy atom. The van der Waals surface area contributed by atoms with Crippen LogP contribution in [0.1, 0.15) is 462 Å². The molecule has 0 atom stereocenters. The molecule has 0 heteroatoms. The number of allylic oxidation sites excluding steroid dienone is 4. The third-order valence-corrected chi connectivity index (χ3v) is 17.5. The van der Waals surface area contributed by atoms with E-state index in [0.29, 0.717) is 0 Å². The van der Waals surface area contributed by atoms with Gasteiger partial charge < -0.3 is 0 Å². The van der Waals surface area contributed by atoms with Gasteiger partial charge in [-0.05, 0) is 91.3 Å². The standard InChI is InChI=1S/C17H36.C17H34.C16H34.C16H32.C16H34.2CH4/c2*1-5-7-9-13-17(14-10-8-6-2)15-11-12-16(3)4;2*1-5-7-12-16(13-8-6-2)14-10-9-11-15(3)4;1-5-7-9-11-16(12-10-8-6-2)14-13-15(3)4;;/h16-17H,5-15H2,1-4H3;11,15-17H,5-10,12-14H2,1-4H3;15-16H,5-14H2,1-4H3;9-10,15-16H,5-8,11-14H2,1-4H3;15-16H,5-14H2,1-4H3;2*1H4/b;15-11-;;10-9-;;;. The highest BCUT2D eigenvalue weighted by atomic mass is 14.2. The van der Waals surface area contributed by atoms with E-state index in [9.17, 15) is 0 Å². The van der Waals surface area contributed by atoms with Gasteiger partial charge in [-0.25, -0.2) is 0 Å². The molecule has 0 radical (unpaired) electrons. The van der Waals surface area contributed by atoms with E-state index in [1.165, 1.54) is 308 Å². The van der Waals surface area contributed by atoms with E-state index in [4.69, 9.17) is 0 Å². The predicted molar refractivity (Wildman–Crippen MR) is 402 cm³/mol. The first kappa shape index (κ1) is 97.1. The van der Waals surface area contributed by atoms with Gasteiger partial charge in [0.25, 0.3) is 0 Å². The van der Waals surface area contributed by atoms with E-state index < -0.39 is 0 Å². The van der Waals surface area contributed by atoms with Gasteiger partial charge in [0.1, 0.15) is 0 Å². The van der Waals surface area contributed by atoms with Gasteiger partial charge in [0, 0.05) is 0 Å². The first-order chi connectivity index (χ1) is 39.5. The monoisotopic (exact) mass is 1190 g/mol. The summed E-state index contributed by atoms with van der Waals surface area (Å²) in [5, 5.41) is 0. The maximum Gasteiger partial charge on any atom is -0.0234 e. The van der Waals surface area contributed by atoms with Crippen molar-refractivity contribution in [2.75, 3.05) is 0 Å².